The summed E-state index contributed by atoms with van der Waals surface area (Å²) < 4.78 is 0. The van der Waals surface area contributed by atoms with Crippen molar-refractivity contribution < 1.29 is 9.59 Å². The Morgan fingerprint density at radius 1 is 1.15 bits per heavy atom. The van der Waals surface area contributed by atoms with Crippen LogP contribution in [0.1, 0.15) is 44.2 Å². The standard InChI is InChI=1S/C19H30N4O2.2ClH/c1-2-10-21-19(25)14-23-11-8-16(9-12-23)22-18(24)13-17(20)15-6-4-3-5-7-15;;/h3-7,16-17H,2,8-14,20H2,1H3,(H,21,25)(H,22,24);2*1H. The number of amides is 2. The maximum absolute atomic E-state index is 12.2. The Hall–Kier alpha value is -1.34. The average Bonchev–Trinajstić information content (AvgIpc) is 2.62. The summed E-state index contributed by atoms with van der Waals surface area (Å²) in [4.78, 5) is 26.1. The molecule has 27 heavy (non-hydrogen) atoms. The van der Waals surface area contributed by atoms with Gasteiger partial charge in [-0.25, -0.2) is 0 Å². The van der Waals surface area contributed by atoms with Gasteiger partial charge in [0, 0.05) is 38.1 Å². The molecule has 1 heterocycles. The van der Waals surface area contributed by atoms with Gasteiger partial charge in [-0.2, -0.15) is 0 Å². The first kappa shape index (κ1) is 25.7. The van der Waals surface area contributed by atoms with Crippen LogP contribution in [0.4, 0.5) is 0 Å². The molecule has 0 spiro atoms. The monoisotopic (exact) mass is 418 g/mol. The second kappa shape index (κ2) is 13.8. The smallest absolute Gasteiger partial charge is 0.234 e. The van der Waals surface area contributed by atoms with E-state index in [2.05, 4.69) is 15.5 Å². The van der Waals surface area contributed by atoms with Crippen molar-refractivity contribution in [3.63, 3.8) is 0 Å². The second-order valence-corrected chi connectivity index (χ2v) is 6.69. The number of carbonyl (C=O) groups excluding carboxylic acids is 2. The van der Waals surface area contributed by atoms with Crippen LogP contribution in [-0.2, 0) is 9.59 Å². The number of nitrogens with one attached hydrogen (secondary N) is 2. The fraction of sp³-hybridized carbons (Fsp3) is 0.579. The first-order valence-corrected chi connectivity index (χ1v) is 9.17. The van der Waals surface area contributed by atoms with E-state index in [1.807, 2.05) is 37.3 Å². The molecule has 1 aliphatic heterocycles. The van der Waals surface area contributed by atoms with E-state index in [4.69, 9.17) is 5.73 Å². The third-order valence-electron chi connectivity index (χ3n) is 4.53. The fourth-order valence-electron chi connectivity index (χ4n) is 3.06. The molecule has 0 saturated carbocycles. The van der Waals surface area contributed by atoms with Crippen LogP contribution in [0.5, 0.6) is 0 Å². The number of nitrogens with zero attached hydrogens (tertiary/aromatic N) is 1. The fourth-order valence-corrected chi connectivity index (χ4v) is 3.06. The van der Waals surface area contributed by atoms with Crippen LogP contribution in [0, 0.1) is 0 Å². The first-order chi connectivity index (χ1) is 12.1. The normalized spacial score (nSPS) is 15.8. The van der Waals surface area contributed by atoms with Crippen molar-refractivity contribution in [2.45, 2.75) is 44.7 Å². The van der Waals surface area contributed by atoms with Crippen LogP contribution in [0.2, 0.25) is 0 Å². The third-order valence-corrected chi connectivity index (χ3v) is 4.53. The molecule has 0 radical (unpaired) electrons. The quantitative estimate of drug-likeness (QED) is 0.602. The topological polar surface area (TPSA) is 87.5 Å². The summed E-state index contributed by atoms with van der Waals surface area (Å²) in [6, 6.07) is 9.58. The maximum atomic E-state index is 12.2. The van der Waals surface area contributed by atoms with Crippen molar-refractivity contribution >= 4 is 36.6 Å². The minimum absolute atomic E-state index is 0. The number of piperidine rings is 1. The van der Waals surface area contributed by atoms with E-state index in [1.165, 1.54) is 0 Å². The number of halogens is 2. The van der Waals surface area contributed by atoms with E-state index in [0.717, 1.165) is 44.5 Å². The Balaban J connectivity index is 0.00000338. The number of hydrogen-bond donors (Lipinski definition) is 3. The van der Waals surface area contributed by atoms with Gasteiger partial charge in [0.2, 0.25) is 11.8 Å². The molecule has 0 aliphatic carbocycles. The van der Waals surface area contributed by atoms with Gasteiger partial charge in [0.05, 0.1) is 6.54 Å². The molecule has 154 valence electrons. The lowest BCUT2D eigenvalue weighted by atomic mass is 10.0. The van der Waals surface area contributed by atoms with Crippen LogP contribution >= 0.6 is 24.8 Å². The molecule has 1 fully saturated rings. The molecule has 4 N–H and O–H groups in total. The molecule has 1 aliphatic rings. The van der Waals surface area contributed by atoms with Gasteiger partial charge in [0.25, 0.3) is 0 Å². The number of benzene rings is 1. The minimum Gasteiger partial charge on any atom is -0.355 e. The van der Waals surface area contributed by atoms with E-state index >= 15 is 0 Å². The SMILES string of the molecule is CCCNC(=O)CN1CCC(NC(=O)CC(N)c2ccccc2)CC1.Cl.Cl. The summed E-state index contributed by atoms with van der Waals surface area (Å²) in [7, 11) is 0. The largest absolute Gasteiger partial charge is 0.355 e. The molecule has 1 unspecified atom stereocenters. The Morgan fingerprint density at radius 3 is 2.37 bits per heavy atom. The van der Waals surface area contributed by atoms with Crippen LogP contribution in [0.3, 0.4) is 0 Å². The zero-order valence-corrected chi connectivity index (χ0v) is 17.5. The zero-order chi connectivity index (χ0) is 18.1. The molecule has 1 atom stereocenters. The summed E-state index contributed by atoms with van der Waals surface area (Å²) in [6.45, 7) is 4.87. The maximum Gasteiger partial charge on any atom is 0.234 e. The predicted molar refractivity (Wildman–Crippen MR) is 113 cm³/mol. The van der Waals surface area contributed by atoms with Gasteiger partial charge in [0.1, 0.15) is 0 Å². The van der Waals surface area contributed by atoms with Gasteiger partial charge >= 0.3 is 0 Å². The van der Waals surface area contributed by atoms with Crippen molar-refractivity contribution in [2.24, 2.45) is 5.73 Å². The second-order valence-electron chi connectivity index (χ2n) is 6.69. The molecule has 2 rings (SSSR count). The van der Waals surface area contributed by atoms with Crippen LogP contribution in [0.15, 0.2) is 30.3 Å². The highest BCUT2D eigenvalue weighted by Gasteiger charge is 2.22. The lowest BCUT2D eigenvalue weighted by Crippen LogP contribution is -2.47. The highest BCUT2D eigenvalue weighted by atomic mass is 35.5. The van der Waals surface area contributed by atoms with Gasteiger partial charge in [-0.3, -0.25) is 14.5 Å². The summed E-state index contributed by atoms with van der Waals surface area (Å²) in [5.41, 5.74) is 7.08. The molecule has 1 saturated heterocycles. The molecular formula is C19H32Cl2N4O2. The lowest BCUT2D eigenvalue weighted by Gasteiger charge is -2.32. The Labute approximate surface area is 174 Å². The number of likely N-dealkylation sites (tertiary alicyclic amines) is 1. The van der Waals surface area contributed by atoms with Crippen LogP contribution in [0.25, 0.3) is 0 Å². The van der Waals surface area contributed by atoms with Gasteiger partial charge in [0.15, 0.2) is 0 Å². The summed E-state index contributed by atoms with van der Waals surface area (Å²) in [5, 5.41) is 5.98. The van der Waals surface area contributed by atoms with Crippen molar-refractivity contribution in [2.75, 3.05) is 26.2 Å². The number of nitrogens with two attached hydrogens (primary N) is 1. The predicted octanol–water partition coefficient (Wildman–Crippen LogP) is 2.03. The van der Waals surface area contributed by atoms with E-state index in [9.17, 15) is 9.59 Å². The van der Waals surface area contributed by atoms with E-state index < -0.39 is 0 Å². The average molecular weight is 419 g/mol. The van der Waals surface area contributed by atoms with Crippen LogP contribution in [-0.4, -0.2) is 48.9 Å². The molecule has 0 bridgehead atoms. The summed E-state index contributed by atoms with van der Waals surface area (Å²) in [6.07, 6.45) is 2.98. The summed E-state index contributed by atoms with van der Waals surface area (Å²) >= 11 is 0. The van der Waals surface area contributed by atoms with E-state index in [-0.39, 0.29) is 48.7 Å². The number of carbonyl (C=O) groups is 2. The van der Waals surface area contributed by atoms with Crippen molar-refractivity contribution in [1.29, 1.82) is 0 Å². The van der Waals surface area contributed by atoms with E-state index in [1.54, 1.807) is 0 Å². The molecule has 1 aromatic carbocycles. The lowest BCUT2D eigenvalue weighted by molar-refractivity contribution is -0.124. The van der Waals surface area contributed by atoms with Crippen LogP contribution < -0.4 is 16.4 Å². The van der Waals surface area contributed by atoms with E-state index in [0.29, 0.717) is 13.0 Å². The Kier molecular flexibility index (Phi) is 13.1. The van der Waals surface area contributed by atoms with Gasteiger partial charge in [-0.05, 0) is 24.8 Å². The zero-order valence-electron chi connectivity index (χ0n) is 15.9. The Morgan fingerprint density at radius 2 is 1.78 bits per heavy atom. The molecule has 0 aromatic heterocycles. The van der Waals surface area contributed by atoms with Crippen molar-refractivity contribution in [1.82, 2.24) is 15.5 Å². The van der Waals surface area contributed by atoms with Gasteiger partial charge < -0.3 is 16.4 Å². The summed E-state index contributed by atoms with van der Waals surface area (Å²) in [5.74, 6) is 0.0775. The molecular weight excluding hydrogens is 387 g/mol. The highest BCUT2D eigenvalue weighted by molar-refractivity contribution is 5.85. The first-order valence-electron chi connectivity index (χ1n) is 9.17. The third kappa shape index (κ3) is 9.42. The van der Waals surface area contributed by atoms with Crippen molar-refractivity contribution in [3.05, 3.63) is 35.9 Å². The van der Waals surface area contributed by atoms with Gasteiger partial charge in [-0.15, -0.1) is 24.8 Å². The number of hydrogen-bond acceptors (Lipinski definition) is 4. The van der Waals surface area contributed by atoms with Crippen molar-refractivity contribution in [3.8, 4) is 0 Å². The van der Waals surface area contributed by atoms with Gasteiger partial charge in [-0.1, -0.05) is 37.3 Å². The number of rotatable bonds is 8. The molecule has 1 aromatic rings. The Bertz CT molecular complexity index is 552. The minimum atomic E-state index is -0.274. The molecule has 6 nitrogen and oxygen atoms in total. The highest BCUT2D eigenvalue weighted by Crippen LogP contribution is 2.15. The molecule has 2 amide bonds. The molecule has 8 heteroatoms.